The number of benzene rings is 1. The van der Waals surface area contributed by atoms with Crippen LogP contribution in [-0.4, -0.2) is 64.2 Å². The van der Waals surface area contributed by atoms with Crippen LogP contribution < -0.4 is 18.9 Å². The fourth-order valence-corrected chi connectivity index (χ4v) is 4.54. The summed E-state index contributed by atoms with van der Waals surface area (Å²) in [5.74, 6) is 0.756. The number of halogens is 1. The first-order valence-electron chi connectivity index (χ1n) is 11.5. The molecule has 0 aliphatic heterocycles. The Balaban J connectivity index is 1.81. The highest BCUT2D eigenvalue weighted by Gasteiger charge is 2.29. The second kappa shape index (κ2) is 11.4. The second-order valence-electron chi connectivity index (χ2n) is 7.97. The molecule has 0 bridgehead atoms. The third-order valence-corrected chi connectivity index (χ3v) is 7.13. The summed E-state index contributed by atoms with van der Waals surface area (Å²) in [6, 6.07) is 10.2. The number of rotatable bonds is 11. The molecular weight excluding hydrogens is 517 g/mol. The quantitative estimate of drug-likeness (QED) is 0.300. The Morgan fingerprint density at radius 1 is 1.03 bits per heavy atom. The minimum atomic E-state index is -4.05. The average Bonchev–Trinajstić information content (AvgIpc) is 3.32. The largest absolute Gasteiger partial charge is 0.494 e. The Morgan fingerprint density at radius 3 is 2.32 bits per heavy atom. The number of methoxy groups -OCH3 is 2. The molecule has 0 fully saturated rings. The predicted molar refractivity (Wildman–Crippen MR) is 137 cm³/mol. The van der Waals surface area contributed by atoms with Gasteiger partial charge in [-0.3, -0.25) is 9.29 Å². The summed E-state index contributed by atoms with van der Waals surface area (Å²) in [4.78, 5) is 12.2. The van der Waals surface area contributed by atoms with E-state index in [1.165, 1.54) is 25.7 Å². The smallest absolute Gasteiger partial charge is 0.243 e. The molecule has 1 N–H and O–H groups in total. The molecule has 200 valence electrons. The highest BCUT2D eigenvalue weighted by Crippen LogP contribution is 2.37. The van der Waals surface area contributed by atoms with Crippen LogP contribution in [0, 0.1) is 5.82 Å². The molecule has 0 aliphatic rings. The maximum atomic E-state index is 13.3. The predicted octanol–water partition coefficient (Wildman–Crippen LogP) is 3.05. The molecule has 1 aromatic carbocycles. The highest BCUT2D eigenvalue weighted by atomic mass is 32.2. The minimum absolute atomic E-state index is 0.0630. The van der Waals surface area contributed by atoms with Gasteiger partial charge in [-0.15, -0.1) is 10.2 Å². The Kier molecular flexibility index (Phi) is 8.00. The molecule has 4 aromatic rings. The molecule has 12 nitrogen and oxygen atoms in total. The molecule has 0 amide bonds. The van der Waals surface area contributed by atoms with Gasteiger partial charge < -0.3 is 14.2 Å². The molecule has 3 heterocycles. The van der Waals surface area contributed by atoms with Gasteiger partial charge in [0.2, 0.25) is 21.9 Å². The van der Waals surface area contributed by atoms with E-state index in [9.17, 15) is 12.8 Å². The van der Waals surface area contributed by atoms with Crippen molar-refractivity contribution in [2.75, 3.05) is 25.5 Å². The van der Waals surface area contributed by atoms with Crippen molar-refractivity contribution in [3.05, 3.63) is 60.4 Å². The summed E-state index contributed by atoms with van der Waals surface area (Å²) >= 11 is 0. The maximum Gasteiger partial charge on any atom is 0.243 e. The number of sulfonamides is 1. The van der Waals surface area contributed by atoms with Crippen LogP contribution in [0.1, 0.15) is 19.7 Å². The fourth-order valence-electron chi connectivity index (χ4n) is 3.59. The number of nitrogens with one attached hydrogen (secondary N) is 1. The zero-order valence-electron chi connectivity index (χ0n) is 21.1. The van der Waals surface area contributed by atoms with Gasteiger partial charge in [0, 0.05) is 12.5 Å². The van der Waals surface area contributed by atoms with Gasteiger partial charge >= 0.3 is 0 Å². The van der Waals surface area contributed by atoms with Gasteiger partial charge in [-0.2, -0.15) is 0 Å². The van der Waals surface area contributed by atoms with Crippen molar-refractivity contribution >= 4 is 16.0 Å². The lowest BCUT2D eigenvalue weighted by Crippen LogP contribution is -2.29. The molecular formula is C24H26FN7O5S. The van der Waals surface area contributed by atoms with Crippen molar-refractivity contribution in [1.82, 2.24) is 29.7 Å². The van der Waals surface area contributed by atoms with Crippen LogP contribution in [0.3, 0.4) is 0 Å². The third-order valence-electron chi connectivity index (χ3n) is 5.44. The monoisotopic (exact) mass is 543 g/mol. The zero-order chi connectivity index (χ0) is 27.3. The SMILES string of the molecule is CCOc1cccc(-c2nnc(NS(=O)(=O)C(C)Cc3ncc(F)cn3)n2-c2c(OC)cccc2OC)n1. The number of hydrogen-bond acceptors (Lipinski definition) is 10. The van der Waals surface area contributed by atoms with Crippen molar-refractivity contribution in [2.45, 2.75) is 25.5 Å². The number of pyridine rings is 1. The van der Waals surface area contributed by atoms with Gasteiger partial charge in [0.1, 0.15) is 28.7 Å². The van der Waals surface area contributed by atoms with E-state index in [1.807, 2.05) is 6.92 Å². The van der Waals surface area contributed by atoms with E-state index in [0.29, 0.717) is 35.4 Å². The first-order valence-corrected chi connectivity index (χ1v) is 13.1. The Bertz CT molecular complexity index is 1490. The van der Waals surface area contributed by atoms with E-state index in [0.717, 1.165) is 12.4 Å². The first-order chi connectivity index (χ1) is 18.3. The summed E-state index contributed by atoms with van der Waals surface area (Å²) in [6.45, 7) is 3.72. The Labute approximate surface area is 218 Å². The molecule has 1 atom stereocenters. The van der Waals surface area contributed by atoms with Crippen molar-refractivity contribution in [3.8, 4) is 34.6 Å². The molecule has 0 radical (unpaired) electrons. The van der Waals surface area contributed by atoms with Crippen molar-refractivity contribution in [2.24, 2.45) is 0 Å². The molecule has 0 saturated heterocycles. The minimum Gasteiger partial charge on any atom is -0.494 e. The molecule has 0 saturated carbocycles. The van der Waals surface area contributed by atoms with Gasteiger partial charge in [0.05, 0.1) is 38.5 Å². The van der Waals surface area contributed by atoms with E-state index in [2.05, 4.69) is 29.9 Å². The van der Waals surface area contributed by atoms with E-state index < -0.39 is 21.1 Å². The van der Waals surface area contributed by atoms with Crippen LogP contribution in [0.15, 0.2) is 48.8 Å². The van der Waals surface area contributed by atoms with Gasteiger partial charge in [0.25, 0.3) is 0 Å². The normalized spacial score (nSPS) is 12.1. The number of nitrogens with zero attached hydrogens (tertiary/aromatic N) is 6. The molecule has 0 aliphatic carbocycles. The van der Waals surface area contributed by atoms with E-state index in [1.54, 1.807) is 36.4 Å². The van der Waals surface area contributed by atoms with Crippen LogP contribution >= 0.6 is 0 Å². The molecule has 0 spiro atoms. The van der Waals surface area contributed by atoms with E-state index in [4.69, 9.17) is 14.2 Å². The van der Waals surface area contributed by atoms with Crippen molar-refractivity contribution in [3.63, 3.8) is 0 Å². The summed E-state index contributed by atoms with van der Waals surface area (Å²) < 4.78 is 60.4. The lowest BCUT2D eigenvalue weighted by atomic mass is 10.2. The number of ether oxygens (including phenoxy) is 3. The lowest BCUT2D eigenvalue weighted by molar-refractivity contribution is 0.327. The fraction of sp³-hybridized carbons (Fsp3) is 0.292. The van der Waals surface area contributed by atoms with Crippen LogP contribution in [0.25, 0.3) is 17.2 Å². The topological polar surface area (TPSA) is 143 Å². The molecule has 14 heteroatoms. The van der Waals surface area contributed by atoms with Gasteiger partial charge in [-0.25, -0.2) is 27.8 Å². The van der Waals surface area contributed by atoms with Crippen LogP contribution in [-0.2, 0) is 16.4 Å². The third kappa shape index (κ3) is 5.64. The Morgan fingerprint density at radius 2 is 1.68 bits per heavy atom. The first kappa shape index (κ1) is 26.7. The summed E-state index contributed by atoms with van der Waals surface area (Å²) in [7, 11) is -1.10. The van der Waals surface area contributed by atoms with Crippen molar-refractivity contribution in [1.29, 1.82) is 0 Å². The number of hydrogen-bond donors (Lipinski definition) is 1. The second-order valence-corrected chi connectivity index (χ2v) is 10.1. The van der Waals surface area contributed by atoms with Gasteiger partial charge in [-0.1, -0.05) is 12.1 Å². The van der Waals surface area contributed by atoms with E-state index in [-0.39, 0.29) is 24.0 Å². The molecule has 38 heavy (non-hydrogen) atoms. The summed E-state index contributed by atoms with van der Waals surface area (Å²) in [6.07, 6.45) is 1.90. The van der Waals surface area contributed by atoms with Gasteiger partial charge in [0.15, 0.2) is 11.6 Å². The van der Waals surface area contributed by atoms with Gasteiger partial charge in [-0.05, 0) is 32.0 Å². The Hall–Kier alpha value is -4.33. The highest BCUT2D eigenvalue weighted by molar-refractivity contribution is 7.93. The molecule has 3 aromatic heterocycles. The van der Waals surface area contributed by atoms with Crippen LogP contribution in [0.2, 0.25) is 0 Å². The molecule has 1 unspecified atom stereocenters. The standard InChI is InChI=1S/C24H26FN7O5S/c1-5-37-21-11-6-8-17(28-21)23-29-30-24(32(23)22-18(35-3)9-7-10-19(22)36-4)31-38(33,34)15(2)12-20-26-13-16(25)14-27-20/h6-11,13-15H,5,12H2,1-4H3,(H,30,31). The summed E-state index contributed by atoms with van der Waals surface area (Å²) in [5.41, 5.74) is 0.725. The maximum absolute atomic E-state index is 13.3. The van der Waals surface area contributed by atoms with Crippen molar-refractivity contribution < 1.29 is 27.0 Å². The van der Waals surface area contributed by atoms with Crippen LogP contribution in [0.5, 0.6) is 17.4 Å². The lowest BCUT2D eigenvalue weighted by Gasteiger charge is -2.19. The molecule has 4 rings (SSSR count). The number of para-hydroxylation sites is 1. The zero-order valence-corrected chi connectivity index (χ0v) is 21.9. The average molecular weight is 544 g/mol. The number of aromatic nitrogens is 6. The van der Waals surface area contributed by atoms with E-state index >= 15 is 0 Å². The summed E-state index contributed by atoms with van der Waals surface area (Å²) in [5, 5.41) is 7.37. The van der Waals surface area contributed by atoms with Crippen LogP contribution in [0.4, 0.5) is 10.3 Å². The number of anilines is 1.